The molecule has 0 saturated heterocycles. The molecule has 39 heavy (non-hydrogen) atoms. The number of carboxylic acids is 4. The number of esters is 2. The van der Waals surface area contributed by atoms with Crippen molar-refractivity contribution in [2.24, 2.45) is 0 Å². The van der Waals surface area contributed by atoms with Crippen LogP contribution in [0.5, 0.6) is 0 Å². The minimum atomic E-state index is -1.16. The number of hydrogen-bond acceptors (Lipinski definition) is 8. The van der Waals surface area contributed by atoms with Crippen LogP contribution < -0.4 is 0 Å². The second-order valence-electron chi connectivity index (χ2n) is 8.10. The lowest BCUT2D eigenvalue weighted by Crippen LogP contribution is -2.14. The van der Waals surface area contributed by atoms with E-state index in [2.05, 4.69) is 0 Å². The maximum absolute atomic E-state index is 11.8. The molecule has 0 saturated carbocycles. The number of ether oxygens (including phenoxy) is 2. The van der Waals surface area contributed by atoms with Gasteiger partial charge in [0.15, 0.2) is 0 Å². The topological polar surface area (TPSA) is 202 Å². The average molecular weight is 547 g/mol. The number of carbonyl (C=O) groups is 6. The van der Waals surface area contributed by atoms with Gasteiger partial charge >= 0.3 is 35.8 Å². The summed E-state index contributed by atoms with van der Waals surface area (Å²) in [4.78, 5) is 65.4. The summed E-state index contributed by atoms with van der Waals surface area (Å²) >= 11 is 0. The van der Waals surface area contributed by atoms with Gasteiger partial charge in [-0.1, -0.05) is 25.3 Å². The average Bonchev–Trinajstić information content (AvgIpc) is 2.90. The van der Waals surface area contributed by atoms with E-state index >= 15 is 0 Å². The normalized spacial score (nSPS) is 9.95. The molecule has 0 aliphatic carbocycles. The Morgan fingerprint density at radius 3 is 1.38 bits per heavy atom. The van der Waals surface area contributed by atoms with Crippen molar-refractivity contribution < 1.29 is 58.7 Å². The van der Waals surface area contributed by atoms with E-state index in [0.29, 0.717) is 12.8 Å². The summed E-state index contributed by atoms with van der Waals surface area (Å²) < 4.78 is 9.83. The van der Waals surface area contributed by atoms with Gasteiger partial charge in [-0.15, -0.1) is 0 Å². The largest absolute Gasteiger partial charge is 0.481 e. The molecule has 2 aromatic carbocycles. The van der Waals surface area contributed by atoms with Crippen LogP contribution in [0.25, 0.3) is 0 Å². The Balaban J connectivity index is 0.000000495. The van der Waals surface area contributed by atoms with Crippen LogP contribution in [0.3, 0.4) is 0 Å². The first kappa shape index (κ1) is 32.3. The highest BCUT2D eigenvalue weighted by Crippen LogP contribution is 2.09. The molecule has 210 valence electrons. The zero-order valence-corrected chi connectivity index (χ0v) is 21.0. The summed E-state index contributed by atoms with van der Waals surface area (Å²) in [5, 5.41) is 34.3. The molecule has 0 aromatic heterocycles. The van der Waals surface area contributed by atoms with Crippen LogP contribution >= 0.6 is 0 Å². The number of carbonyl (C=O) groups excluding carboxylic acids is 2. The van der Waals surface area contributed by atoms with Gasteiger partial charge in [-0.25, -0.2) is 19.2 Å². The van der Waals surface area contributed by atoms with Crippen LogP contribution in [-0.4, -0.2) is 69.5 Å². The van der Waals surface area contributed by atoms with Gasteiger partial charge in [0.1, 0.15) is 13.2 Å². The molecule has 0 radical (unpaired) electrons. The van der Waals surface area contributed by atoms with Crippen molar-refractivity contribution in [3.05, 3.63) is 70.8 Å². The van der Waals surface area contributed by atoms with Crippen LogP contribution in [0.15, 0.2) is 48.5 Å². The van der Waals surface area contributed by atoms with Crippen molar-refractivity contribution in [1.82, 2.24) is 0 Å². The van der Waals surface area contributed by atoms with Gasteiger partial charge in [0, 0.05) is 12.8 Å². The van der Waals surface area contributed by atoms with Crippen LogP contribution in [-0.2, 0) is 19.1 Å². The van der Waals surface area contributed by atoms with E-state index in [1.54, 1.807) is 0 Å². The molecular weight excluding hydrogens is 516 g/mol. The van der Waals surface area contributed by atoms with Gasteiger partial charge in [-0.3, -0.25) is 9.59 Å². The first-order valence-electron chi connectivity index (χ1n) is 12.0. The van der Waals surface area contributed by atoms with Crippen LogP contribution in [0.4, 0.5) is 0 Å². The summed E-state index contributed by atoms with van der Waals surface area (Å²) in [7, 11) is 0. The Hall–Kier alpha value is -4.74. The van der Waals surface area contributed by atoms with Crippen LogP contribution in [0.2, 0.25) is 0 Å². The second kappa shape index (κ2) is 17.7. The fourth-order valence-corrected chi connectivity index (χ4v) is 3.05. The molecule has 0 aliphatic rings. The lowest BCUT2D eigenvalue weighted by Gasteiger charge is -2.07. The number of aromatic carboxylic acids is 2. The highest BCUT2D eigenvalue weighted by Gasteiger charge is 2.12. The van der Waals surface area contributed by atoms with E-state index < -0.39 is 35.8 Å². The number of rotatable bonds is 15. The molecule has 12 nitrogen and oxygen atoms in total. The number of carboxylic acid groups (broad SMARTS) is 4. The van der Waals surface area contributed by atoms with E-state index in [9.17, 15) is 28.8 Å². The Morgan fingerprint density at radius 2 is 0.923 bits per heavy atom. The van der Waals surface area contributed by atoms with E-state index in [-0.39, 0.29) is 48.3 Å². The van der Waals surface area contributed by atoms with E-state index in [1.165, 1.54) is 48.5 Å². The maximum atomic E-state index is 11.8. The smallest absolute Gasteiger partial charge is 0.338 e. The Bertz CT molecular complexity index is 1120. The summed E-state index contributed by atoms with van der Waals surface area (Å²) in [5.74, 6) is -5.22. The molecule has 0 unspecified atom stereocenters. The van der Waals surface area contributed by atoms with E-state index in [0.717, 1.165) is 19.3 Å². The lowest BCUT2D eigenvalue weighted by atomic mass is 10.1. The highest BCUT2D eigenvalue weighted by molar-refractivity contribution is 5.94. The fraction of sp³-hybridized carbons (Fsp3) is 0.333. The van der Waals surface area contributed by atoms with Gasteiger partial charge in [0.2, 0.25) is 0 Å². The van der Waals surface area contributed by atoms with Crippen LogP contribution in [0, 0.1) is 0 Å². The van der Waals surface area contributed by atoms with E-state index in [1.807, 2.05) is 0 Å². The third-order valence-electron chi connectivity index (χ3n) is 5.04. The predicted molar refractivity (Wildman–Crippen MR) is 135 cm³/mol. The molecule has 0 fully saturated rings. The van der Waals surface area contributed by atoms with Crippen molar-refractivity contribution in [3.63, 3.8) is 0 Å². The number of aliphatic carboxylic acids is 2. The molecular formula is C27H30O12. The zero-order chi connectivity index (χ0) is 29.2. The maximum Gasteiger partial charge on any atom is 0.338 e. The third kappa shape index (κ3) is 14.0. The fourth-order valence-electron chi connectivity index (χ4n) is 3.05. The first-order valence-corrected chi connectivity index (χ1v) is 12.0. The van der Waals surface area contributed by atoms with Gasteiger partial charge < -0.3 is 29.9 Å². The highest BCUT2D eigenvalue weighted by atomic mass is 16.6. The van der Waals surface area contributed by atoms with Crippen molar-refractivity contribution >= 4 is 35.8 Å². The standard InChI is InChI=1S/C18H14O8.C9H16O4/c19-15(20)11-4-6-12(7-5-11)17(23)25-8-9-26-18(24)14-3-1-2-13(10-14)16(21)22;10-8(11)6-4-2-1-3-5-7-9(12)13/h1-7,10H,8-9H2,(H,19,20)(H,21,22);1-7H2,(H,10,11)(H,12,13). The van der Waals surface area contributed by atoms with Gasteiger partial charge in [-0.05, 0) is 55.3 Å². The quantitative estimate of drug-likeness (QED) is 0.185. The molecule has 0 amide bonds. The third-order valence-corrected chi connectivity index (χ3v) is 5.04. The Kier molecular flexibility index (Phi) is 14.6. The van der Waals surface area contributed by atoms with E-state index in [4.69, 9.17) is 29.9 Å². The summed E-state index contributed by atoms with van der Waals surface area (Å²) in [6.07, 6.45) is 4.53. The number of unbranched alkanes of at least 4 members (excludes halogenated alkanes) is 4. The number of benzene rings is 2. The molecule has 0 aliphatic heterocycles. The lowest BCUT2D eigenvalue weighted by molar-refractivity contribution is -0.138. The van der Waals surface area contributed by atoms with Crippen molar-refractivity contribution in [1.29, 1.82) is 0 Å². The van der Waals surface area contributed by atoms with Gasteiger partial charge in [0.25, 0.3) is 0 Å². The zero-order valence-electron chi connectivity index (χ0n) is 21.0. The minimum absolute atomic E-state index is 0.0408. The molecule has 0 spiro atoms. The van der Waals surface area contributed by atoms with Crippen molar-refractivity contribution in [3.8, 4) is 0 Å². The monoisotopic (exact) mass is 546 g/mol. The van der Waals surface area contributed by atoms with Gasteiger partial charge in [0.05, 0.1) is 22.3 Å². The Labute approximate surface area is 223 Å². The molecule has 0 bridgehead atoms. The molecule has 0 heterocycles. The minimum Gasteiger partial charge on any atom is -0.481 e. The molecule has 12 heteroatoms. The molecule has 4 N–H and O–H groups in total. The molecule has 0 atom stereocenters. The summed E-state index contributed by atoms with van der Waals surface area (Å²) in [6, 6.07) is 10.5. The predicted octanol–water partition coefficient (Wildman–Crippen LogP) is 3.98. The molecule has 2 aromatic rings. The van der Waals surface area contributed by atoms with Gasteiger partial charge in [-0.2, -0.15) is 0 Å². The number of hydrogen-bond donors (Lipinski definition) is 4. The van der Waals surface area contributed by atoms with Crippen molar-refractivity contribution in [2.45, 2.75) is 44.9 Å². The SMILES string of the molecule is O=C(O)CCCCCCCC(=O)O.O=C(O)c1ccc(C(=O)OCCOC(=O)c2cccc(C(=O)O)c2)cc1. The first-order chi connectivity index (χ1) is 18.5. The van der Waals surface area contributed by atoms with Crippen LogP contribution in [0.1, 0.15) is 86.4 Å². The second-order valence-corrected chi connectivity index (χ2v) is 8.10. The van der Waals surface area contributed by atoms with Crippen molar-refractivity contribution in [2.75, 3.05) is 13.2 Å². The summed E-state index contributed by atoms with van der Waals surface area (Å²) in [5.41, 5.74) is 0.228. The Morgan fingerprint density at radius 1 is 0.513 bits per heavy atom. The molecule has 2 rings (SSSR count). The summed E-state index contributed by atoms with van der Waals surface area (Å²) in [6.45, 7) is -0.418.